The second kappa shape index (κ2) is 9.17. The van der Waals surface area contributed by atoms with Crippen molar-refractivity contribution >= 4 is 0 Å². The molecule has 90 valence electrons. The summed E-state index contributed by atoms with van der Waals surface area (Å²) in [5.41, 5.74) is 0. The fourth-order valence-corrected chi connectivity index (χ4v) is 2.11. The van der Waals surface area contributed by atoms with Crippen LogP contribution in [0.2, 0.25) is 0 Å². The van der Waals surface area contributed by atoms with Gasteiger partial charge in [0.2, 0.25) is 0 Å². The van der Waals surface area contributed by atoms with Gasteiger partial charge in [0, 0.05) is 12.6 Å². The highest BCUT2D eigenvalue weighted by Crippen LogP contribution is 2.07. The molecule has 0 spiro atoms. The van der Waals surface area contributed by atoms with Crippen LogP contribution in [0.15, 0.2) is 0 Å². The smallest absolute Gasteiger partial charge is 0.0619 e. The van der Waals surface area contributed by atoms with Gasteiger partial charge >= 0.3 is 0 Å². The molecule has 0 saturated carbocycles. The van der Waals surface area contributed by atoms with Crippen LogP contribution in [0, 0.1) is 0 Å². The third-order valence-corrected chi connectivity index (χ3v) is 3.12. The van der Waals surface area contributed by atoms with E-state index in [4.69, 9.17) is 4.74 Å². The van der Waals surface area contributed by atoms with Crippen LogP contribution in [0.25, 0.3) is 0 Å². The summed E-state index contributed by atoms with van der Waals surface area (Å²) in [4.78, 5) is 0. The number of nitrogens with one attached hydrogen (secondary N) is 1. The van der Waals surface area contributed by atoms with Gasteiger partial charge in [-0.2, -0.15) is 0 Å². The standard InChI is InChI=1S/C13H27NO/c1-2-3-4-5-6-7-11-15-12-13-9-8-10-14-13/h13-14H,2-12H2,1H3/t13-/m0/s1. The zero-order valence-corrected chi connectivity index (χ0v) is 10.3. The molecule has 1 atom stereocenters. The molecular weight excluding hydrogens is 186 g/mol. The van der Waals surface area contributed by atoms with Crippen molar-refractivity contribution in [2.45, 2.75) is 64.3 Å². The largest absolute Gasteiger partial charge is 0.380 e. The summed E-state index contributed by atoms with van der Waals surface area (Å²) < 4.78 is 5.66. The summed E-state index contributed by atoms with van der Waals surface area (Å²) in [6, 6.07) is 0.644. The molecule has 1 heterocycles. The van der Waals surface area contributed by atoms with E-state index in [1.807, 2.05) is 0 Å². The van der Waals surface area contributed by atoms with Gasteiger partial charge in [-0.05, 0) is 25.8 Å². The molecule has 0 radical (unpaired) electrons. The lowest BCUT2D eigenvalue weighted by molar-refractivity contribution is 0.112. The SMILES string of the molecule is CCCCCCCCOC[C@@H]1CCCN1. The van der Waals surface area contributed by atoms with E-state index in [0.29, 0.717) is 6.04 Å². The lowest BCUT2D eigenvalue weighted by atomic mass is 10.1. The molecule has 1 N–H and O–H groups in total. The van der Waals surface area contributed by atoms with E-state index in [1.54, 1.807) is 0 Å². The fourth-order valence-electron chi connectivity index (χ4n) is 2.11. The van der Waals surface area contributed by atoms with Crippen molar-refractivity contribution < 1.29 is 4.74 Å². The number of rotatable bonds is 9. The maximum absolute atomic E-state index is 5.66. The fraction of sp³-hybridized carbons (Fsp3) is 1.00. The average Bonchev–Trinajstić information content (AvgIpc) is 2.75. The van der Waals surface area contributed by atoms with E-state index in [2.05, 4.69) is 12.2 Å². The Morgan fingerprint density at radius 2 is 1.93 bits per heavy atom. The zero-order chi connectivity index (χ0) is 10.8. The Bertz CT molecular complexity index is 132. The molecule has 0 aliphatic carbocycles. The van der Waals surface area contributed by atoms with Crippen molar-refractivity contribution in [1.82, 2.24) is 5.32 Å². The summed E-state index contributed by atoms with van der Waals surface area (Å²) in [7, 11) is 0. The van der Waals surface area contributed by atoms with Crippen LogP contribution in [0.5, 0.6) is 0 Å². The molecule has 2 heteroatoms. The third kappa shape index (κ3) is 6.91. The van der Waals surface area contributed by atoms with Gasteiger partial charge in [-0.1, -0.05) is 39.0 Å². The quantitative estimate of drug-likeness (QED) is 0.594. The van der Waals surface area contributed by atoms with Crippen LogP contribution in [0.4, 0.5) is 0 Å². The second-order valence-electron chi connectivity index (χ2n) is 4.64. The van der Waals surface area contributed by atoms with Gasteiger partial charge < -0.3 is 10.1 Å². The first-order valence-corrected chi connectivity index (χ1v) is 6.74. The lowest BCUT2D eigenvalue weighted by Gasteiger charge is -2.10. The van der Waals surface area contributed by atoms with E-state index in [0.717, 1.165) is 13.2 Å². The third-order valence-electron chi connectivity index (χ3n) is 3.12. The highest BCUT2D eigenvalue weighted by atomic mass is 16.5. The van der Waals surface area contributed by atoms with Crippen molar-refractivity contribution in [3.63, 3.8) is 0 Å². The lowest BCUT2D eigenvalue weighted by Crippen LogP contribution is -2.26. The molecule has 0 unspecified atom stereocenters. The Labute approximate surface area is 94.8 Å². The van der Waals surface area contributed by atoms with Crippen LogP contribution >= 0.6 is 0 Å². The van der Waals surface area contributed by atoms with E-state index in [-0.39, 0.29) is 0 Å². The van der Waals surface area contributed by atoms with Crippen molar-refractivity contribution in [2.75, 3.05) is 19.8 Å². The highest BCUT2D eigenvalue weighted by molar-refractivity contribution is 4.73. The first kappa shape index (κ1) is 13.0. The van der Waals surface area contributed by atoms with Gasteiger partial charge in [0.15, 0.2) is 0 Å². The Kier molecular flexibility index (Phi) is 7.94. The number of ether oxygens (including phenoxy) is 1. The van der Waals surface area contributed by atoms with E-state index in [9.17, 15) is 0 Å². The molecule has 1 aliphatic heterocycles. The summed E-state index contributed by atoms with van der Waals surface area (Å²) in [6.07, 6.45) is 10.7. The van der Waals surface area contributed by atoms with Crippen LogP contribution in [0.1, 0.15) is 58.3 Å². The Balaban J connectivity index is 1.73. The van der Waals surface area contributed by atoms with Crippen molar-refractivity contribution in [3.8, 4) is 0 Å². The minimum absolute atomic E-state index is 0.644. The molecule has 0 amide bonds. The van der Waals surface area contributed by atoms with Gasteiger partial charge in [-0.15, -0.1) is 0 Å². The Hall–Kier alpha value is -0.0800. The number of unbranched alkanes of at least 4 members (excludes halogenated alkanes) is 5. The molecule has 0 bridgehead atoms. The van der Waals surface area contributed by atoms with Gasteiger partial charge in [0.25, 0.3) is 0 Å². The van der Waals surface area contributed by atoms with E-state index >= 15 is 0 Å². The molecule has 0 aromatic heterocycles. The van der Waals surface area contributed by atoms with E-state index < -0.39 is 0 Å². The normalized spacial score (nSPS) is 21.0. The highest BCUT2D eigenvalue weighted by Gasteiger charge is 2.12. The van der Waals surface area contributed by atoms with Gasteiger partial charge in [0.05, 0.1) is 6.61 Å². The van der Waals surface area contributed by atoms with Crippen LogP contribution in [-0.4, -0.2) is 25.8 Å². The summed E-state index contributed by atoms with van der Waals surface area (Å²) >= 11 is 0. The van der Waals surface area contributed by atoms with Gasteiger partial charge in [0.1, 0.15) is 0 Å². The number of hydrogen-bond acceptors (Lipinski definition) is 2. The molecule has 0 aromatic rings. The molecule has 1 saturated heterocycles. The molecule has 2 nitrogen and oxygen atoms in total. The van der Waals surface area contributed by atoms with Gasteiger partial charge in [-0.25, -0.2) is 0 Å². The maximum Gasteiger partial charge on any atom is 0.0619 e. The monoisotopic (exact) mass is 213 g/mol. The maximum atomic E-state index is 5.66. The Morgan fingerprint density at radius 1 is 1.13 bits per heavy atom. The first-order chi connectivity index (χ1) is 7.43. The van der Waals surface area contributed by atoms with Crippen LogP contribution < -0.4 is 5.32 Å². The predicted octanol–water partition coefficient (Wildman–Crippen LogP) is 3.12. The summed E-state index contributed by atoms with van der Waals surface area (Å²) in [6.45, 7) is 5.34. The average molecular weight is 213 g/mol. The van der Waals surface area contributed by atoms with E-state index in [1.165, 1.54) is 57.9 Å². The van der Waals surface area contributed by atoms with Gasteiger partial charge in [-0.3, -0.25) is 0 Å². The second-order valence-corrected chi connectivity index (χ2v) is 4.64. The summed E-state index contributed by atoms with van der Waals surface area (Å²) in [5, 5.41) is 3.45. The van der Waals surface area contributed by atoms with Crippen molar-refractivity contribution in [1.29, 1.82) is 0 Å². The first-order valence-electron chi connectivity index (χ1n) is 6.74. The molecule has 1 aliphatic rings. The number of hydrogen-bond donors (Lipinski definition) is 1. The van der Waals surface area contributed by atoms with Crippen LogP contribution in [0.3, 0.4) is 0 Å². The topological polar surface area (TPSA) is 21.3 Å². The molecule has 0 aromatic carbocycles. The molecule has 15 heavy (non-hydrogen) atoms. The minimum Gasteiger partial charge on any atom is -0.380 e. The van der Waals surface area contributed by atoms with Crippen molar-refractivity contribution in [2.24, 2.45) is 0 Å². The molecule has 1 fully saturated rings. The predicted molar refractivity (Wildman–Crippen MR) is 65.2 cm³/mol. The minimum atomic E-state index is 0.644. The Morgan fingerprint density at radius 3 is 2.67 bits per heavy atom. The zero-order valence-electron chi connectivity index (χ0n) is 10.3. The summed E-state index contributed by atoms with van der Waals surface area (Å²) in [5.74, 6) is 0. The van der Waals surface area contributed by atoms with Crippen LogP contribution in [-0.2, 0) is 4.74 Å². The van der Waals surface area contributed by atoms with Crippen molar-refractivity contribution in [3.05, 3.63) is 0 Å². The molecular formula is C13H27NO. The molecule has 1 rings (SSSR count).